The van der Waals surface area contributed by atoms with Crippen LogP contribution < -0.4 is 0 Å². The Labute approximate surface area is 158 Å². The Morgan fingerprint density at radius 3 is 2.33 bits per heavy atom. The second kappa shape index (κ2) is 9.56. The smallest absolute Gasteiger partial charge is 0.354 e. The van der Waals surface area contributed by atoms with Crippen LogP contribution in [0, 0.1) is 5.92 Å². The molecule has 1 atom stereocenters. The first-order valence-electron chi connectivity index (χ1n) is 8.56. The summed E-state index contributed by atoms with van der Waals surface area (Å²) < 4.78 is 14.8. The van der Waals surface area contributed by atoms with E-state index in [9.17, 15) is 14.4 Å². The minimum atomic E-state index is -1.05. The van der Waals surface area contributed by atoms with E-state index in [0.29, 0.717) is 13.1 Å². The lowest BCUT2D eigenvalue weighted by Crippen LogP contribution is -2.33. The van der Waals surface area contributed by atoms with Crippen LogP contribution >= 0.6 is 0 Å². The molecule has 0 aromatic heterocycles. The summed E-state index contributed by atoms with van der Waals surface area (Å²) in [4.78, 5) is 39.2. The lowest BCUT2D eigenvalue weighted by molar-refractivity contribution is -0.148. The summed E-state index contributed by atoms with van der Waals surface area (Å²) >= 11 is 0. The fourth-order valence-corrected chi connectivity index (χ4v) is 2.87. The number of rotatable bonds is 6. The highest BCUT2D eigenvalue weighted by atomic mass is 16.5. The Bertz CT molecular complexity index is 753. The first-order valence-corrected chi connectivity index (χ1v) is 8.56. The molecule has 1 aromatic rings. The molecule has 0 amide bonds. The lowest BCUT2D eigenvalue weighted by Gasteiger charge is -2.26. The van der Waals surface area contributed by atoms with Gasteiger partial charge in [0.25, 0.3) is 0 Å². The number of methoxy groups -OCH3 is 2. The molecule has 0 N–H and O–H groups in total. The molecule has 27 heavy (non-hydrogen) atoms. The van der Waals surface area contributed by atoms with Crippen LogP contribution in [0.4, 0.5) is 0 Å². The van der Waals surface area contributed by atoms with Crippen molar-refractivity contribution in [1.29, 1.82) is 0 Å². The van der Waals surface area contributed by atoms with Gasteiger partial charge in [0, 0.05) is 13.1 Å². The largest absolute Gasteiger partial charge is 0.466 e. The topological polar surface area (TPSA) is 82.1 Å². The van der Waals surface area contributed by atoms with Crippen molar-refractivity contribution in [1.82, 2.24) is 4.90 Å². The predicted molar refractivity (Wildman–Crippen MR) is 97.2 cm³/mol. The molecular weight excluding hydrogens is 350 g/mol. The number of esters is 3. The van der Waals surface area contributed by atoms with Crippen molar-refractivity contribution in [2.75, 3.05) is 27.4 Å². The van der Waals surface area contributed by atoms with Crippen LogP contribution in [0.5, 0.6) is 0 Å². The van der Waals surface area contributed by atoms with Crippen LogP contribution in [0.3, 0.4) is 0 Å². The van der Waals surface area contributed by atoms with Gasteiger partial charge in [-0.2, -0.15) is 0 Å². The number of ether oxygens (including phenoxy) is 3. The predicted octanol–water partition coefficient (Wildman–Crippen LogP) is 1.84. The summed E-state index contributed by atoms with van der Waals surface area (Å²) in [6, 6.07) is 9.47. The first kappa shape index (κ1) is 20.2. The van der Waals surface area contributed by atoms with Crippen molar-refractivity contribution in [3.05, 3.63) is 59.3 Å². The third kappa shape index (κ3) is 4.75. The van der Waals surface area contributed by atoms with Crippen LogP contribution in [0.15, 0.2) is 53.8 Å². The molecule has 0 bridgehead atoms. The number of benzene rings is 1. The third-order valence-electron chi connectivity index (χ3n) is 4.08. The minimum Gasteiger partial charge on any atom is -0.466 e. The van der Waals surface area contributed by atoms with Crippen molar-refractivity contribution in [3.8, 4) is 0 Å². The van der Waals surface area contributed by atoms with Crippen LogP contribution in [0.25, 0.3) is 0 Å². The van der Waals surface area contributed by atoms with Crippen molar-refractivity contribution < 1.29 is 28.6 Å². The van der Waals surface area contributed by atoms with E-state index < -0.39 is 23.8 Å². The highest BCUT2D eigenvalue weighted by molar-refractivity contribution is 6.04. The van der Waals surface area contributed by atoms with Gasteiger partial charge >= 0.3 is 17.9 Å². The van der Waals surface area contributed by atoms with Gasteiger partial charge < -0.3 is 19.1 Å². The van der Waals surface area contributed by atoms with Gasteiger partial charge in [-0.05, 0) is 12.5 Å². The van der Waals surface area contributed by atoms with Gasteiger partial charge in [0.2, 0.25) is 0 Å². The van der Waals surface area contributed by atoms with E-state index in [2.05, 4.69) is 0 Å². The molecule has 1 aromatic carbocycles. The van der Waals surface area contributed by atoms with E-state index in [1.807, 2.05) is 30.3 Å². The van der Waals surface area contributed by atoms with Crippen LogP contribution in [0.1, 0.15) is 12.5 Å². The summed E-state index contributed by atoms with van der Waals surface area (Å²) in [5.74, 6) is -3.17. The summed E-state index contributed by atoms with van der Waals surface area (Å²) in [6.07, 6.45) is 3.28. The first-order chi connectivity index (χ1) is 13.0. The van der Waals surface area contributed by atoms with Gasteiger partial charge in [-0.3, -0.25) is 4.79 Å². The molecule has 0 saturated carbocycles. The quantitative estimate of drug-likeness (QED) is 0.427. The highest BCUT2D eigenvalue weighted by Gasteiger charge is 2.37. The molecule has 7 nitrogen and oxygen atoms in total. The number of carbonyl (C=O) groups is 3. The maximum atomic E-state index is 12.6. The average Bonchev–Trinajstić information content (AvgIpc) is 2.87. The Morgan fingerprint density at radius 2 is 1.74 bits per heavy atom. The van der Waals surface area contributed by atoms with E-state index >= 15 is 0 Å². The van der Waals surface area contributed by atoms with Gasteiger partial charge in [0.1, 0.15) is 11.6 Å². The molecular formula is C20H23NO6. The fraction of sp³-hybridized carbons (Fsp3) is 0.350. The maximum absolute atomic E-state index is 12.6. The zero-order valence-electron chi connectivity index (χ0n) is 15.6. The molecule has 2 rings (SSSR count). The molecule has 1 aliphatic rings. The number of carbonyl (C=O) groups excluding carboxylic acids is 3. The van der Waals surface area contributed by atoms with Gasteiger partial charge in [-0.1, -0.05) is 42.5 Å². The van der Waals surface area contributed by atoms with Gasteiger partial charge in [-0.25, -0.2) is 9.59 Å². The molecule has 0 radical (unpaired) electrons. The summed E-state index contributed by atoms with van der Waals surface area (Å²) in [5.41, 5.74) is 0.842. The van der Waals surface area contributed by atoms with E-state index in [4.69, 9.17) is 14.2 Å². The van der Waals surface area contributed by atoms with E-state index in [1.165, 1.54) is 14.2 Å². The van der Waals surface area contributed by atoms with Gasteiger partial charge in [0.05, 0.1) is 26.4 Å². The lowest BCUT2D eigenvalue weighted by atomic mass is 9.96. The van der Waals surface area contributed by atoms with Gasteiger partial charge in [0.15, 0.2) is 0 Å². The zero-order valence-corrected chi connectivity index (χ0v) is 15.6. The second-order valence-electron chi connectivity index (χ2n) is 5.77. The van der Waals surface area contributed by atoms with Crippen LogP contribution in [0.2, 0.25) is 0 Å². The molecule has 7 heteroatoms. The second-order valence-corrected chi connectivity index (χ2v) is 5.77. The average molecular weight is 373 g/mol. The highest BCUT2D eigenvalue weighted by Crippen LogP contribution is 2.28. The molecule has 0 aliphatic carbocycles. The Hall–Kier alpha value is -3.09. The maximum Gasteiger partial charge on any atom is 0.354 e. The molecule has 1 unspecified atom stereocenters. The molecule has 1 heterocycles. The summed E-state index contributed by atoms with van der Waals surface area (Å²) in [5, 5.41) is 0. The number of hydrogen-bond acceptors (Lipinski definition) is 7. The van der Waals surface area contributed by atoms with Gasteiger partial charge in [-0.15, -0.1) is 0 Å². The SMILES string of the molecule is CCOC(=O)C1C=CCN(Cc2ccccc2)C(C(=O)OC)=C1C(=O)OC. The normalized spacial score (nSPS) is 16.6. The monoisotopic (exact) mass is 373 g/mol. The van der Waals surface area contributed by atoms with Crippen molar-refractivity contribution >= 4 is 17.9 Å². The molecule has 1 aliphatic heterocycles. The fourth-order valence-electron chi connectivity index (χ4n) is 2.87. The third-order valence-corrected chi connectivity index (χ3v) is 4.08. The zero-order chi connectivity index (χ0) is 19.8. The Kier molecular flexibility index (Phi) is 7.16. The van der Waals surface area contributed by atoms with Crippen molar-refractivity contribution in [3.63, 3.8) is 0 Å². The molecule has 0 spiro atoms. The number of nitrogens with zero attached hydrogens (tertiary/aromatic N) is 1. The molecule has 0 saturated heterocycles. The summed E-state index contributed by atoms with van der Waals surface area (Å²) in [6.45, 7) is 2.49. The Balaban J connectivity index is 2.58. The summed E-state index contributed by atoms with van der Waals surface area (Å²) in [7, 11) is 2.42. The van der Waals surface area contributed by atoms with E-state index in [0.717, 1.165) is 5.56 Å². The van der Waals surface area contributed by atoms with Crippen molar-refractivity contribution in [2.24, 2.45) is 5.92 Å². The van der Waals surface area contributed by atoms with Crippen molar-refractivity contribution in [2.45, 2.75) is 13.5 Å². The molecule has 144 valence electrons. The Morgan fingerprint density at radius 1 is 1.07 bits per heavy atom. The van der Waals surface area contributed by atoms with Crippen LogP contribution in [-0.4, -0.2) is 50.2 Å². The molecule has 0 fully saturated rings. The number of hydrogen-bond donors (Lipinski definition) is 0. The standard InChI is InChI=1S/C20H23NO6/c1-4-27-18(22)15-11-8-12-21(13-14-9-6-5-7-10-14)17(20(24)26-3)16(15)19(23)25-2/h5-11,15H,4,12-13H2,1-3H3. The van der Waals surface area contributed by atoms with Crippen LogP contribution in [-0.2, 0) is 35.1 Å². The minimum absolute atomic E-state index is 0.00347. The van der Waals surface area contributed by atoms with E-state index in [-0.39, 0.29) is 17.9 Å². The van der Waals surface area contributed by atoms with E-state index in [1.54, 1.807) is 24.0 Å².